The normalized spacial score (nSPS) is 18.5. The molecule has 2 rings (SSSR count). The van der Waals surface area contributed by atoms with Gasteiger partial charge in [-0.15, -0.1) is 0 Å². The number of hydrogen-bond acceptors (Lipinski definition) is 5. The van der Waals surface area contributed by atoms with Crippen LogP contribution in [0.5, 0.6) is 0 Å². The Hall–Kier alpha value is -2.61. The van der Waals surface area contributed by atoms with Crippen LogP contribution in [-0.4, -0.2) is 61.3 Å². The molecule has 0 aromatic heterocycles. The minimum Gasteiger partial charge on any atom is -0.468 e. The van der Waals surface area contributed by atoms with Gasteiger partial charge in [-0.25, -0.2) is 4.79 Å². The summed E-state index contributed by atoms with van der Waals surface area (Å²) in [5, 5.41) is 5.35. The smallest absolute Gasteiger partial charge is 0.325 e. The molecule has 0 spiro atoms. The van der Waals surface area contributed by atoms with Crippen LogP contribution in [0.25, 0.3) is 0 Å². The number of nitrogens with one attached hydrogen (secondary N) is 2. The molecule has 8 heteroatoms. The van der Waals surface area contributed by atoms with Crippen molar-refractivity contribution in [2.24, 2.45) is 0 Å². The maximum absolute atomic E-state index is 12.5. The molecule has 0 saturated carbocycles. The summed E-state index contributed by atoms with van der Waals surface area (Å²) in [5.74, 6) is -0.774. The van der Waals surface area contributed by atoms with Crippen LogP contribution in [0.2, 0.25) is 0 Å². The van der Waals surface area contributed by atoms with Gasteiger partial charge in [-0.1, -0.05) is 12.1 Å². The molecule has 148 valence electrons. The fourth-order valence-electron chi connectivity index (χ4n) is 3.01. The number of amides is 3. The van der Waals surface area contributed by atoms with Crippen LogP contribution < -0.4 is 10.6 Å². The van der Waals surface area contributed by atoms with Crippen molar-refractivity contribution in [3.8, 4) is 0 Å². The van der Waals surface area contributed by atoms with Gasteiger partial charge >= 0.3 is 12.0 Å². The third-order valence-corrected chi connectivity index (χ3v) is 4.08. The van der Waals surface area contributed by atoms with Crippen molar-refractivity contribution >= 4 is 23.6 Å². The molecule has 0 aliphatic carbocycles. The van der Waals surface area contributed by atoms with Crippen molar-refractivity contribution in [3.63, 3.8) is 0 Å². The van der Waals surface area contributed by atoms with Crippen LogP contribution in [0.15, 0.2) is 24.3 Å². The van der Waals surface area contributed by atoms with Crippen LogP contribution in [0.4, 0.5) is 10.5 Å². The zero-order chi connectivity index (χ0) is 20.0. The van der Waals surface area contributed by atoms with Crippen molar-refractivity contribution in [2.45, 2.75) is 38.9 Å². The highest BCUT2D eigenvalue weighted by molar-refractivity contribution is 5.89. The molecule has 1 saturated heterocycles. The van der Waals surface area contributed by atoms with E-state index in [9.17, 15) is 14.4 Å². The topological polar surface area (TPSA) is 97.0 Å². The van der Waals surface area contributed by atoms with Crippen molar-refractivity contribution in [1.82, 2.24) is 10.2 Å². The molecule has 27 heavy (non-hydrogen) atoms. The predicted octanol–water partition coefficient (Wildman–Crippen LogP) is 1.55. The Labute approximate surface area is 159 Å². The lowest BCUT2D eigenvalue weighted by Crippen LogP contribution is -2.54. The molecular formula is C19H27N3O5. The number of carbonyl (C=O) groups excluding carboxylic acids is 3. The van der Waals surface area contributed by atoms with Crippen LogP contribution in [-0.2, 0) is 25.5 Å². The van der Waals surface area contributed by atoms with Gasteiger partial charge in [-0.2, -0.15) is 0 Å². The van der Waals surface area contributed by atoms with Gasteiger partial charge in [0.05, 0.1) is 31.8 Å². The van der Waals surface area contributed by atoms with Gasteiger partial charge in [0, 0.05) is 12.2 Å². The molecule has 1 aliphatic rings. The predicted molar refractivity (Wildman–Crippen MR) is 100 cm³/mol. The molecular weight excluding hydrogens is 350 g/mol. The third-order valence-electron chi connectivity index (χ3n) is 4.08. The summed E-state index contributed by atoms with van der Waals surface area (Å²) in [6.07, 6.45) is 0.116. The Morgan fingerprint density at radius 2 is 1.93 bits per heavy atom. The summed E-state index contributed by atoms with van der Waals surface area (Å²) in [7, 11) is 1.26. The van der Waals surface area contributed by atoms with E-state index in [0.717, 1.165) is 5.56 Å². The molecule has 1 heterocycles. The van der Waals surface area contributed by atoms with Gasteiger partial charge in [-0.3, -0.25) is 9.59 Å². The number of anilines is 1. The van der Waals surface area contributed by atoms with E-state index in [1.54, 1.807) is 29.2 Å². The first-order valence-corrected chi connectivity index (χ1v) is 8.85. The Morgan fingerprint density at radius 1 is 1.26 bits per heavy atom. The SMILES string of the molecule is COC(=O)CNC(=O)Cc1ccc(NC(=O)N2C[C@@H](C)OC(C)(C)C2)cc1. The minimum atomic E-state index is -0.498. The molecule has 0 radical (unpaired) electrons. The van der Waals surface area contributed by atoms with E-state index in [1.807, 2.05) is 20.8 Å². The lowest BCUT2D eigenvalue weighted by Gasteiger charge is -2.41. The minimum absolute atomic E-state index is 0.0228. The van der Waals surface area contributed by atoms with E-state index < -0.39 is 5.97 Å². The molecule has 1 aromatic rings. The molecule has 2 N–H and O–H groups in total. The Morgan fingerprint density at radius 3 is 2.52 bits per heavy atom. The van der Waals surface area contributed by atoms with Gasteiger partial charge in [0.2, 0.25) is 5.91 Å². The Kier molecular flexibility index (Phi) is 6.79. The summed E-state index contributed by atoms with van der Waals surface area (Å²) in [5.41, 5.74) is 1.04. The van der Waals surface area contributed by atoms with Gasteiger partial charge in [0.25, 0.3) is 0 Å². The van der Waals surface area contributed by atoms with Crippen molar-refractivity contribution in [2.75, 3.05) is 32.1 Å². The molecule has 3 amide bonds. The maximum atomic E-state index is 12.5. The summed E-state index contributed by atoms with van der Waals surface area (Å²) in [6.45, 7) is 6.76. The molecule has 1 aliphatic heterocycles. The second kappa shape index (κ2) is 8.85. The van der Waals surface area contributed by atoms with E-state index in [2.05, 4.69) is 15.4 Å². The second-order valence-corrected chi connectivity index (χ2v) is 7.23. The van der Waals surface area contributed by atoms with Gasteiger partial charge in [0.15, 0.2) is 0 Å². The lowest BCUT2D eigenvalue weighted by molar-refractivity contribution is -0.141. The Bertz CT molecular complexity index is 687. The van der Waals surface area contributed by atoms with Crippen molar-refractivity contribution in [3.05, 3.63) is 29.8 Å². The van der Waals surface area contributed by atoms with Crippen molar-refractivity contribution in [1.29, 1.82) is 0 Å². The van der Waals surface area contributed by atoms with Gasteiger partial charge < -0.3 is 25.0 Å². The fourth-order valence-corrected chi connectivity index (χ4v) is 3.01. The first-order chi connectivity index (χ1) is 12.7. The number of nitrogens with zero attached hydrogens (tertiary/aromatic N) is 1. The molecule has 1 fully saturated rings. The number of ether oxygens (including phenoxy) is 2. The summed E-state index contributed by atoms with van der Waals surface area (Å²) in [6, 6.07) is 6.84. The highest BCUT2D eigenvalue weighted by atomic mass is 16.5. The third kappa shape index (κ3) is 6.56. The van der Waals surface area contributed by atoms with E-state index in [-0.39, 0.29) is 36.6 Å². The fraction of sp³-hybridized carbons (Fsp3) is 0.526. The number of esters is 1. The summed E-state index contributed by atoms with van der Waals surface area (Å²) in [4.78, 5) is 37.0. The number of urea groups is 1. The first-order valence-electron chi connectivity index (χ1n) is 8.85. The number of morpholine rings is 1. The standard InChI is InChI=1S/C19H27N3O5/c1-13-11-22(12-19(2,3)27-13)18(25)21-15-7-5-14(6-8-15)9-16(23)20-10-17(24)26-4/h5-8,13H,9-12H2,1-4H3,(H,20,23)(H,21,25)/t13-/m1/s1. The average Bonchev–Trinajstić information content (AvgIpc) is 2.59. The molecule has 1 aromatic carbocycles. The number of rotatable bonds is 5. The number of carbonyl (C=O) groups is 3. The lowest BCUT2D eigenvalue weighted by atomic mass is 10.1. The number of hydrogen-bond donors (Lipinski definition) is 2. The van der Waals surface area contributed by atoms with Crippen LogP contribution >= 0.6 is 0 Å². The molecule has 0 unspecified atom stereocenters. The van der Waals surface area contributed by atoms with Crippen LogP contribution in [0.3, 0.4) is 0 Å². The zero-order valence-electron chi connectivity index (χ0n) is 16.2. The molecule has 0 bridgehead atoms. The number of methoxy groups -OCH3 is 1. The highest BCUT2D eigenvalue weighted by Crippen LogP contribution is 2.21. The Balaban J connectivity index is 1.87. The summed E-state index contributed by atoms with van der Waals surface area (Å²) >= 11 is 0. The van der Waals surface area contributed by atoms with Crippen molar-refractivity contribution < 1.29 is 23.9 Å². The van der Waals surface area contributed by atoms with Crippen LogP contribution in [0, 0.1) is 0 Å². The molecule has 8 nitrogen and oxygen atoms in total. The van der Waals surface area contributed by atoms with Crippen LogP contribution in [0.1, 0.15) is 26.3 Å². The average molecular weight is 377 g/mol. The van der Waals surface area contributed by atoms with Gasteiger partial charge in [0.1, 0.15) is 6.54 Å². The quantitative estimate of drug-likeness (QED) is 0.759. The maximum Gasteiger partial charge on any atom is 0.325 e. The van der Waals surface area contributed by atoms with Gasteiger partial charge in [-0.05, 0) is 38.5 Å². The highest BCUT2D eigenvalue weighted by Gasteiger charge is 2.33. The largest absolute Gasteiger partial charge is 0.468 e. The van der Waals surface area contributed by atoms with E-state index in [4.69, 9.17) is 4.74 Å². The van der Waals surface area contributed by atoms with E-state index in [0.29, 0.717) is 18.8 Å². The zero-order valence-corrected chi connectivity index (χ0v) is 16.2. The molecule has 1 atom stereocenters. The second-order valence-electron chi connectivity index (χ2n) is 7.23. The monoisotopic (exact) mass is 377 g/mol. The van der Waals surface area contributed by atoms with E-state index >= 15 is 0 Å². The summed E-state index contributed by atoms with van der Waals surface area (Å²) < 4.78 is 10.3. The first kappa shape index (κ1) is 20.7. The number of benzene rings is 1. The van der Waals surface area contributed by atoms with E-state index in [1.165, 1.54) is 7.11 Å².